The summed E-state index contributed by atoms with van der Waals surface area (Å²) in [5, 5.41) is 15.2. The van der Waals surface area contributed by atoms with Crippen molar-refractivity contribution in [2.24, 2.45) is 5.92 Å². The van der Waals surface area contributed by atoms with Crippen LogP contribution in [0.15, 0.2) is 54.6 Å². The van der Waals surface area contributed by atoms with Crippen LogP contribution in [0.2, 0.25) is 0 Å². The first kappa shape index (κ1) is 27.9. The number of carboxylic acids is 1. The third-order valence-electron chi connectivity index (χ3n) is 6.29. The van der Waals surface area contributed by atoms with E-state index in [0.717, 1.165) is 37.1 Å². The number of anilines is 2. The molecule has 1 aliphatic rings. The van der Waals surface area contributed by atoms with Crippen molar-refractivity contribution in [3.8, 4) is 0 Å². The van der Waals surface area contributed by atoms with Crippen LogP contribution in [0.25, 0.3) is 6.08 Å². The van der Waals surface area contributed by atoms with Gasteiger partial charge in [-0.15, -0.1) is 0 Å². The molecule has 198 valence electrons. The number of hydrogen-bond acceptors (Lipinski definition) is 5. The number of nitrogens with one attached hydrogen (secondary N) is 2. The Balaban J connectivity index is 1.60. The minimum absolute atomic E-state index is 0.367. The Morgan fingerprint density at radius 1 is 1.03 bits per heavy atom. The minimum Gasteiger partial charge on any atom is -0.481 e. The average molecular weight is 508 g/mol. The molecule has 8 nitrogen and oxygen atoms in total. The SMILES string of the molecule is CN1CCC(CC(C(=O)O)c2ccc(C=CC(=O)Nc3ccccc3NC(=O)OC(C)(C)C)cc2)CC1. The van der Waals surface area contributed by atoms with E-state index < -0.39 is 23.6 Å². The van der Waals surface area contributed by atoms with E-state index in [1.807, 2.05) is 24.3 Å². The van der Waals surface area contributed by atoms with E-state index in [4.69, 9.17) is 4.74 Å². The maximum atomic E-state index is 12.5. The minimum atomic E-state index is -0.805. The Labute approximate surface area is 218 Å². The smallest absolute Gasteiger partial charge is 0.412 e. The van der Waals surface area contributed by atoms with Gasteiger partial charge in [0.05, 0.1) is 17.3 Å². The van der Waals surface area contributed by atoms with Gasteiger partial charge in [-0.25, -0.2) is 4.79 Å². The van der Waals surface area contributed by atoms with Crippen LogP contribution in [-0.4, -0.2) is 53.7 Å². The van der Waals surface area contributed by atoms with E-state index in [9.17, 15) is 19.5 Å². The molecule has 2 amide bonds. The van der Waals surface area contributed by atoms with Crippen molar-refractivity contribution >= 4 is 35.4 Å². The fourth-order valence-corrected chi connectivity index (χ4v) is 4.31. The zero-order chi connectivity index (χ0) is 27.0. The van der Waals surface area contributed by atoms with Crippen molar-refractivity contribution in [1.29, 1.82) is 0 Å². The summed E-state index contributed by atoms with van der Waals surface area (Å²) in [6.07, 6.45) is 5.12. The number of carboxylic acid groups (broad SMARTS) is 1. The summed E-state index contributed by atoms with van der Waals surface area (Å²) in [6.45, 7) is 7.33. The molecule has 0 radical (unpaired) electrons. The average Bonchev–Trinajstić information content (AvgIpc) is 2.82. The van der Waals surface area contributed by atoms with Gasteiger partial charge in [-0.1, -0.05) is 36.4 Å². The van der Waals surface area contributed by atoms with Crippen LogP contribution in [0.5, 0.6) is 0 Å². The molecular weight excluding hydrogens is 470 g/mol. The third-order valence-corrected chi connectivity index (χ3v) is 6.29. The zero-order valence-electron chi connectivity index (χ0n) is 22.0. The van der Waals surface area contributed by atoms with Crippen LogP contribution in [0.4, 0.5) is 16.2 Å². The molecule has 1 heterocycles. The first-order valence-corrected chi connectivity index (χ1v) is 12.6. The van der Waals surface area contributed by atoms with Crippen molar-refractivity contribution < 1.29 is 24.2 Å². The molecule has 1 unspecified atom stereocenters. The van der Waals surface area contributed by atoms with Gasteiger partial charge >= 0.3 is 12.1 Å². The van der Waals surface area contributed by atoms with E-state index in [0.29, 0.717) is 23.7 Å². The molecule has 1 saturated heterocycles. The Morgan fingerprint density at radius 3 is 2.19 bits per heavy atom. The molecule has 0 bridgehead atoms. The van der Waals surface area contributed by atoms with E-state index >= 15 is 0 Å². The quantitative estimate of drug-likeness (QED) is 0.402. The fraction of sp³-hybridized carbons (Fsp3) is 0.414. The van der Waals surface area contributed by atoms with Crippen LogP contribution >= 0.6 is 0 Å². The lowest BCUT2D eigenvalue weighted by Gasteiger charge is -2.30. The summed E-state index contributed by atoms with van der Waals surface area (Å²) in [5.41, 5.74) is 1.78. The maximum absolute atomic E-state index is 12.5. The summed E-state index contributed by atoms with van der Waals surface area (Å²) >= 11 is 0. The summed E-state index contributed by atoms with van der Waals surface area (Å²) in [6, 6.07) is 14.1. The number of piperidine rings is 1. The molecule has 37 heavy (non-hydrogen) atoms. The van der Waals surface area contributed by atoms with Gasteiger partial charge in [-0.05, 0) is 95.4 Å². The predicted molar refractivity (Wildman–Crippen MR) is 146 cm³/mol. The number of likely N-dealkylation sites (tertiary alicyclic amines) is 1. The van der Waals surface area contributed by atoms with Gasteiger partial charge in [0, 0.05) is 6.08 Å². The van der Waals surface area contributed by atoms with Crippen LogP contribution in [0.3, 0.4) is 0 Å². The zero-order valence-corrected chi connectivity index (χ0v) is 22.0. The standard InChI is InChI=1S/C29H37N3O5/c1-29(2,3)37-28(36)31-25-8-6-5-7-24(25)30-26(33)14-11-20-9-12-22(13-10-20)23(27(34)35)19-21-15-17-32(4)18-16-21/h5-14,21,23H,15-19H2,1-4H3,(H,30,33)(H,31,36)(H,34,35). The van der Waals surface area contributed by atoms with E-state index in [2.05, 4.69) is 22.6 Å². The monoisotopic (exact) mass is 507 g/mol. The summed E-state index contributed by atoms with van der Waals surface area (Å²) in [7, 11) is 2.09. The lowest BCUT2D eigenvalue weighted by molar-refractivity contribution is -0.139. The molecule has 0 aromatic heterocycles. The second kappa shape index (κ2) is 12.5. The van der Waals surface area contributed by atoms with Gasteiger partial charge in [-0.3, -0.25) is 14.9 Å². The van der Waals surface area contributed by atoms with Gasteiger partial charge in [-0.2, -0.15) is 0 Å². The maximum Gasteiger partial charge on any atom is 0.412 e. The molecule has 1 atom stereocenters. The number of benzene rings is 2. The molecule has 3 rings (SSSR count). The van der Waals surface area contributed by atoms with Gasteiger partial charge < -0.3 is 20.1 Å². The summed E-state index contributed by atoms with van der Waals surface area (Å²) < 4.78 is 5.28. The molecule has 1 fully saturated rings. The summed E-state index contributed by atoms with van der Waals surface area (Å²) in [5.74, 6) is -1.30. The third kappa shape index (κ3) is 9.06. The second-order valence-electron chi connectivity index (χ2n) is 10.5. The Hall–Kier alpha value is -3.65. The number of ether oxygens (including phenoxy) is 1. The number of rotatable bonds is 8. The molecule has 3 N–H and O–H groups in total. The Bertz CT molecular complexity index is 1110. The summed E-state index contributed by atoms with van der Waals surface area (Å²) in [4.78, 5) is 38.9. The molecule has 8 heteroatoms. The predicted octanol–water partition coefficient (Wildman–Crippen LogP) is 5.59. The molecule has 2 aromatic carbocycles. The number of nitrogens with zero attached hydrogens (tertiary/aromatic N) is 1. The highest BCUT2D eigenvalue weighted by atomic mass is 16.6. The van der Waals surface area contributed by atoms with Crippen LogP contribution in [-0.2, 0) is 14.3 Å². The van der Waals surface area contributed by atoms with E-state index in [1.54, 1.807) is 51.1 Å². The van der Waals surface area contributed by atoms with Gasteiger partial charge in [0.2, 0.25) is 5.91 Å². The number of aliphatic carboxylic acids is 1. The van der Waals surface area contributed by atoms with Crippen LogP contribution < -0.4 is 10.6 Å². The Morgan fingerprint density at radius 2 is 1.62 bits per heavy atom. The van der Waals surface area contributed by atoms with Crippen molar-refractivity contribution in [3.63, 3.8) is 0 Å². The lowest BCUT2D eigenvalue weighted by Crippen LogP contribution is -2.31. The van der Waals surface area contributed by atoms with Gasteiger partial charge in [0.15, 0.2) is 0 Å². The van der Waals surface area contributed by atoms with Crippen LogP contribution in [0, 0.1) is 5.92 Å². The van der Waals surface area contributed by atoms with Crippen molar-refractivity contribution in [2.45, 2.75) is 51.6 Å². The van der Waals surface area contributed by atoms with Crippen molar-refractivity contribution in [1.82, 2.24) is 4.90 Å². The largest absolute Gasteiger partial charge is 0.481 e. The van der Waals surface area contributed by atoms with E-state index in [1.165, 1.54) is 6.08 Å². The molecule has 0 spiro atoms. The normalized spacial score (nSPS) is 15.8. The topological polar surface area (TPSA) is 108 Å². The number of carbonyl (C=O) groups excluding carboxylic acids is 2. The van der Waals surface area contributed by atoms with Gasteiger partial charge in [0.1, 0.15) is 5.60 Å². The van der Waals surface area contributed by atoms with E-state index in [-0.39, 0.29) is 5.91 Å². The molecule has 0 aliphatic carbocycles. The molecule has 1 aliphatic heterocycles. The first-order valence-electron chi connectivity index (χ1n) is 12.6. The van der Waals surface area contributed by atoms with Crippen molar-refractivity contribution in [3.05, 3.63) is 65.7 Å². The molecular formula is C29H37N3O5. The molecule has 0 saturated carbocycles. The molecule has 2 aromatic rings. The number of carbonyl (C=O) groups is 3. The highest BCUT2D eigenvalue weighted by molar-refractivity contribution is 6.05. The van der Waals surface area contributed by atoms with Gasteiger partial charge in [0.25, 0.3) is 0 Å². The second-order valence-corrected chi connectivity index (χ2v) is 10.5. The first-order chi connectivity index (χ1) is 17.5. The number of amides is 2. The Kier molecular flexibility index (Phi) is 9.47. The number of hydrogen-bond donors (Lipinski definition) is 3. The fourth-order valence-electron chi connectivity index (χ4n) is 4.31. The highest BCUT2D eigenvalue weighted by Crippen LogP contribution is 2.30. The number of para-hydroxylation sites is 2. The highest BCUT2D eigenvalue weighted by Gasteiger charge is 2.26. The lowest BCUT2D eigenvalue weighted by atomic mass is 9.84. The van der Waals surface area contributed by atoms with Crippen molar-refractivity contribution in [2.75, 3.05) is 30.8 Å². The van der Waals surface area contributed by atoms with Crippen LogP contribution in [0.1, 0.15) is 57.1 Å².